The molecular weight excluding hydrogens is 508 g/mol. The van der Waals surface area contributed by atoms with E-state index in [1.807, 2.05) is 38.1 Å². The lowest BCUT2D eigenvalue weighted by atomic mass is 10.1. The van der Waals surface area contributed by atoms with Crippen molar-refractivity contribution in [1.29, 1.82) is 0 Å². The lowest BCUT2D eigenvalue weighted by Gasteiger charge is -2.16. The van der Waals surface area contributed by atoms with E-state index in [4.69, 9.17) is 4.98 Å². The van der Waals surface area contributed by atoms with Crippen LogP contribution in [0.25, 0.3) is 16.6 Å². The van der Waals surface area contributed by atoms with E-state index in [9.17, 15) is 18.0 Å². The van der Waals surface area contributed by atoms with Crippen molar-refractivity contribution in [3.63, 3.8) is 0 Å². The van der Waals surface area contributed by atoms with Crippen molar-refractivity contribution in [1.82, 2.24) is 13.9 Å². The van der Waals surface area contributed by atoms with Gasteiger partial charge < -0.3 is 5.32 Å². The number of benzene rings is 3. The van der Waals surface area contributed by atoms with E-state index in [0.717, 1.165) is 32.8 Å². The maximum atomic E-state index is 13.5. The molecule has 0 saturated heterocycles. The van der Waals surface area contributed by atoms with E-state index in [0.29, 0.717) is 27.4 Å². The normalized spacial score (nSPS) is 11.7. The van der Waals surface area contributed by atoms with Crippen LogP contribution < -0.4 is 10.9 Å². The zero-order chi connectivity index (χ0) is 26.9. The van der Waals surface area contributed by atoms with Crippen molar-refractivity contribution in [2.75, 3.05) is 25.2 Å². The van der Waals surface area contributed by atoms with Crippen molar-refractivity contribution in [2.24, 2.45) is 0 Å². The molecule has 192 valence electrons. The highest BCUT2D eigenvalue weighted by Crippen LogP contribution is 2.25. The molecule has 0 aliphatic rings. The van der Waals surface area contributed by atoms with Crippen molar-refractivity contribution in [3.05, 3.63) is 87.7 Å². The van der Waals surface area contributed by atoms with Gasteiger partial charge in [-0.2, -0.15) is 0 Å². The molecule has 0 fully saturated rings. The number of carbonyl (C=O) groups is 1. The average Bonchev–Trinajstić information content (AvgIpc) is 2.85. The quantitative estimate of drug-likeness (QED) is 0.279. The van der Waals surface area contributed by atoms with Crippen LogP contribution in [0.1, 0.15) is 16.7 Å². The summed E-state index contributed by atoms with van der Waals surface area (Å²) in [6.07, 6.45) is 0. The van der Waals surface area contributed by atoms with Crippen LogP contribution in [0.2, 0.25) is 0 Å². The number of amides is 1. The first-order valence-electron chi connectivity index (χ1n) is 11.5. The zero-order valence-corrected chi connectivity index (χ0v) is 22.9. The van der Waals surface area contributed by atoms with Crippen LogP contribution in [0, 0.1) is 20.8 Å². The summed E-state index contributed by atoms with van der Waals surface area (Å²) in [7, 11) is -0.739. The van der Waals surface area contributed by atoms with Crippen molar-refractivity contribution in [3.8, 4) is 5.69 Å². The van der Waals surface area contributed by atoms with Gasteiger partial charge in [0, 0.05) is 19.8 Å². The lowest BCUT2D eigenvalue weighted by molar-refractivity contribution is -0.113. The summed E-state index contributed by atoms with van der Waals surface area (Å²) < 4.78 is 27.7. The summed E-state index contributed by atoms with van der Waals surface area (Å²) in [6, 6.07) is 17.5. The molecule has 10 heteroatoms. The Morgan fingerprint density at radius 2 is 1.73 bits per heavy atom. The molecule has 0 aliphatic heterocycles. The number of nitrogens with zero attached hydrogens (tertiary/aromatic N) is 3. The molecule has 1 heterocycles. The third-order valence-electron chi connectivity index (χ3n) is 5.93. The highest BCUT2D eigenvalue weighted by Gasteiger charge is 2.20. The number of sulfonamides is 1. The van der Waals surface area contributed by atoms with E-state index in [1.54, 1.807) is 35.8 Å². The Morgan fingerprint density at radius 3 is 2.43 bits per heavy atom. The number of anilines is 1. The molecule has 1 aromatic heterocycles. The number of fused-ring (bicyclic) bond motifs is 1. The second kappa shape index (κ2) is 10.5. The first-order valence-corrected chi connectivity index (χ1v) is 14.0. The maximum absolute atomic E-state index is 13.5. The van der Waals surface area contributed by atoms with Crippen molar-refractivity contribution in [2.45, 2.75) is 30.8 Å². The SMILES string of the molecule is Cc1ccc(-n2c(SCC(=O)Nc3cc(S(=O)(=O)N(C)C)ccc3C)nc3ccccc3c2=O)c(C)c1. The van der Waals surface area contributed by atoms with Gasteiger partial charge in [0.2, 0.25) is 15.9 Å². The second-order valence-electron chi connectivity index (χ2n) is 8.94. The van der Waals surface area contributed by atoms with Gasteiger partial charge in [-0.05, 0) is 62.2 Å². The van der Waals surface area contributed by atoms with Gasteiger partial charge in [0.05, 0.1) is 27.2 Å². The molecule has 4 aromatic rings. The van der Waals surface area contributed by atoms with Gasteiger partial charge in [0.25, 0.3) is 5.56 Å². The molecular formula is C27H28N4O4S2. The predicted octanol–water partition coefficient (Wildman–Crippen LogP) is 4.29. The van der Waals surface area contributed by atoms with Crippen molar-refractivity contribution < 1.29 is 13.2 Å². The van der Waals surface area contributed by atoms with Gasteiger partial charge in [-0.15, -0.1) is 0 Å². The fraction of sp³-hybridized carbons (Fsp3) is 0.222. The number of rotatable bonds is 7. The minimum absolute atomic E-state index is 0.0280. The number of aryl methyl sites for hydroxylation is 3. The number of para-hydroxylation sites is 1. The number of carbonyl (C=O) groups excluding carboxylic acids is 1. The van der Waals surface area contributed by atoms with Gasteiger partial charge >= 0.3 is 0 Å². The summed E-state index contributed by atoms with van der Waals surface area (Å²) in [5.41, 5.74) is 4.17. The standard InChI is InChI=1S/C27H28N4O4S2/c1-17-10-13-24(19(3)14-17)31-26(33)21-8-6-7-9-22(21)29-27(31)36-16-25(32)28-23-15-20(12-11-18(23)2)37(34,35)30(4)5/h6-15H,16H2,1-5H3,(H,28,32). The third kappa shape index (κ3) is 5.46. The molecule has 0 spiro atoms. The van der Waals surface area contributed by atoms with Crippen LogP contribution in [0.4, 0.5) is 5.69 Å². The van der Waals surface area contributed by atoms with Crippen LogP contribution in [-0.2, 0) is 14.8 Å². The van der Waals surface area contributed by atoms with Crippen LogP contribution in [0.3, 0.4) is 0 Å². The van der Waals surface area contributed by atoms with E-state index < -0.39 is 10.0 Å². The number of nitrogens with one attached hydrogen (secondary N) is 1. The third-order valence-corrected chi connectivity index (χ3v) is 8.68. The monoisotopic (exact) mass is 536 g/mol. The minimum Gasteiger partial charge on any atom is -0.325 e. The molecule has 0 unspecified atom stereocenters. The van der Waals surface area contributed by atoms with Crippen molar-refractivity contribution >= 4 is 44.3 Å². The Bertz CT molecular complexity index is 1680. The lowest BCUT2D eigenvalue weighted by Crippen LogP contribution is -2.24. The van der Waals surface area contributed by atoms with E-state index in [2.05, 4.69) is 5.32 Å². The smallest absolute Gasteiger partial charge is 0.266 e. The molecule has 3 aromatic carbocycles. The van der Waals surface area contributed by atoms with Crippen LogP contribution in [0.15, 0.2) is 75.5 Å². The molecule has 0 bridgehead atoms. The van der Waals surface area contributed by atoms with Gasteiger partial charge in [0.15, 0.2) is 5.16 Å². The first-order chi connectivity index (χ1) is 17.5. The molecule has 0 aliphatic carbocycles. The van der Waals surface area contributed by atoms with Gasteiger partial charge in [-0.25, -0.2) is 17.7 Å². The van der Waals surface area contributed by atoms with E-state index in [-0.39, 0.29) is 22.1 Å². The Labute approximate surface area is 220 Å². The molecule has 4 rings (SSSR count). The van der Waals surface area contributed by atoms with E-state index in [1.165, 1.54) is 26.2 Å². The summed E-state index contributed by atoms with van der Waals surface area (Å²) in [6.45, 7) is 5.71. The Morgan fingerprint density at radius 1 is 1.00 bits per heavy atom. The maximum Gasteiger partial charge on any atom is 0.266 e. The highest BCUT2D eigenvalue weighted by molar-refractivity contribution is 7.99. The zero-order valence-electron chi connectivity index (χ0n) is 21.3. The highest BCUT2D eigenvalue weighted by atomic mass is 32.2. The number of hydrogen-bond acceptors (Lipinski definition) is 6. The average molecular weight is 537 g/mol. The molecule has 0 radical (unpaired) electrons. The summed E-state index contributed by atoms with van der Waals surface area (Å²) >= 11 is 1.14. The van der Waals surface area contributed by atoms with Gasteiger partial charge in [-0.3, -0.25) is 14.2 Å². The van der Waals surface area contributed by atoms with Gasteiger partial charge in [0.1, 0.15) is 0 Å². The summed E-state index contributed by atoms with van der Waals surface area (Å²) in [5, 5.41) is 3.69. The second-order valence-corrected chi connectivity index (χ2v) is 12.0. The van der Waals surface area contributed by atoms with Crippen LogP contribution >= 0.6 is 11.8 Å². The molecule has 0 atom stereocenters. The number of aromatic nitrogens is 2. The van der Waals surface area contributed by atoms with Crippen LogP contribution in [-0.4, -0.2) is 48.0 Å². The first kappa shape index (κ1) is 26.6. The summed E-state index contributed by atoms with van der Waals surface area (Å²) in [5.74, 6) is -0.373. The summed E-state index contributed by atoms with van der Waals surface area (Å²) in [4.78, 5) is 31.2. The van der Waals surface area contributed by atoms with Gasteiger partial charge in [-0.1, -0.05) is 47.7 Å². The fourth-order valence-corrected chi connectivity index (χ4v) is 5.64. The predicted molar refractivity (Wildman–Crippen MR) is 148 cm³/mol. The molecule has 1 amide bonds. The number of thioether (sulfide) groups is 1. The molecule has 37 heavy (non-hydrogen) atoms. The fourth-order valence-electron chi connectivity index (χ4n) is 3.90. The Balaban J connectivity index is 1.66. The van der Waals surface area contributed by atoms with E-state index >= 15 is 0 Å². The molecule has 1 N–H and O–H groups in total. The molecule has 0 saturated carbocycles. The topological polar surface area (TPSA) is 101 Å². The Kier molecular flexibility index (Phi) is 7.54. The van der Waals surface area contributed by atoms with Crippen LogP contribution in [0.5, 0.6) is 0 Å². The number of hydrogen-bond donors (Lipinski definition) is 1. The Hall–Kier alpha value is -3.47. The molecule has 8 nitrogen and oxygen atoms in total. The largest absolute Gasteiger partial charge is 0.325 e. The minimum atomic E-state index is -3.65.